The zero-order valence-corrected chi connectivity index (χ0v) is 27.9. The number of nitrogens with one attached hydrogen (secondary N) is 1. The Bertz CT molecular complexity index is 1770. The first-order valence-electron chi connectivity index (χ1n) is 15.2. The van der Waals surface area contributed by atoms with Gasteiger partial charge in [0, 0.05) is 23.8 Å². The van der Waals surface area contributed by atoms with E-state index in [0.29, 0.717) is 17.5 Å². The molecule has 0 unspecified atom stereocenters. The summed E-state index contributed by atoms with van der Waals surface area (Å²) in [6, 6.07) is 14.1. The van der Waals surface area contributed by atoms with E-state index in [9.17, 15) is 4.79 Å². The summed E-state index contributed by atoms with van der Waals surface area (Å²) in [6.07, 6.45) is 4.70. The second kappa shape index (κ2) is 13.4. The summed E-state index contributed by atoms with van der Waals surface area (Å²) < 4.78 is 8.53. The number of benzene rings is 2. The molecule has 0 aliphatic carbocycles. The number of rotatable bonds is 6. The predicted octanol–water partition coefficient (Wildman–Crippen LogP) is 7.83. The Morgan fingerprint density at radius 2 is 1.82 bits per heavy atom. The van der Waals surface area contributed by atoms with E-state index in [1.807, 2.05) is 38.1 Å². The number of aromatic nitrogens is 3. The molecule has 0 radical (unpaired) electrons. The first-order valence-corrected chi connectivity index (χ1v) is 16.4. The van der Waals surface area contributed by atoms with Gasteiger partial charge in [0.1, 0.15) is 5.01 Å². The molecule has 232 valence electrons. The van der Waals surface area contributed by atoms with Gasteiger partial charge in [0.05, 0.1) is 45.6 Å². The molecule has 0 atom stereocenters. The van der Waals surface area contributed by atoms with Gasteiger partial charge in [-0.1, -0.05) is 23.7 Å². The molecule has 1 saturated heterocycles. The van der Waals surface area contributed by atoms with Gasteiger partial charge in [0.15, 0.2) is 0 Å². The number of nitrogens with zero attached hydrogens (tertiary/aromatic N) is 3. The molecular weight excluding hydrogens is 592 g/mol. The molecular formula is C35H41ClN4O3S. The van der Waals surface area contributed by atoms with Crippen LogP contribution in [0.3, 0.4) is 0 Å². The monoisotopic (exact) mass is 632 g/mol. The van der Waals surface area contributed by atoms with Crippen LogP contribution in [0, 0.1) is 6.92 Å². The van der Waals surface area contributed by atoms with Crippen molar-refractivity contribution in [1.82, 2.24) is 19.9 Å². The lowest BCUT2D eigenvalue weighted by Crippen LogP contribution is -2.26. The lowest BCUT2D eigenvalue weighted by molar-refractivity contribution is -0.142. The van der Waals surface area contributed by atoms with Crippen LogP contribution in [0.4, 0.5) is 0 Å². The number of carbonyl (C=O) groups is 1. The van der Waals surface area contributed by atoms with E-state index in [4.69, 9.17) is 31.4 Å². The van der Waals surface area contributed by atoms with E-state index in [0.717, 1.165) is 80.1 Å². The lowest BCUT2D eigenvalue weighted by atomic mass is 9.91. The highest BCUT2D eigenvalue weighted by Gasteiger charge is 2.23. The van der Waals surface area contributed by atoms with Crippen molar-refractivity contribution in [3.63, 3.8) is 0 Å². The Morgan fingerprint density at radius 1 is 1.14 bits per heavy atom. The fourth-order valence-corrected chi connectivity index (χ4v) is 6.92. The first kappa shape index (κ1) is 32.1. The number of carbonyl (C=O) groups excluding carboxylic acids is 1. The predicted molar refractivity (Wildman–Crippen MR) is 182 cm³/mol. The van der Waals surface area contributed by atoms with Crippen LogP contribution in [0.15, 0.2) is 48.7 Å². The number of hydrogen-bond donors (Lipinski definition) is 2. The van der Waals surface area contributed by atoms with Gasteiger partial charge in [-0.3, -0.25) is 4.79 Å². The van der Waals surface area contributed by atoms with Crippen LogP contribution < -0.4 is 5.32 Å². The summed E-state index contributed by atoms with van der Waals surface area (Å²) in [5.74, 6) is 0.277. The molecule has 1 fully saturated rings. The van der Waals surface area contributed by atoms with E-state index >= 15 is 0 Å². The second-order valence-electron chi connectivity index (χ2n) is 12.4. The van der Waals surface area contributed by atoms with E-state index in [1.54, 1.807) is 32.1 Å². The minimum atomic E-state index is -0.500. The highest BCUT2D eigenvalue weighted by Crippen LogP contribution is 2.41. The SMILES string of the molecule is CC(C)(C)O.CCOC(=O)Cc1c(C)cc2nc(-c3ccc4c(n3)c(C3CCNCC3)cn4C)sc2c1-c1ccc(Cl)cc1. The van der Waals surface area contributed by atoms with Crippen molar-refractivity contribution < 1.29 is 14.6 Å². The molecule has 0 amide bonds. The number of ether oxygens (including phenoxy) is 1. The van der Waals surface area contributed by atoms with Gasteiger partial charge < -0.3 is 19.7 Å². The normalized spacial score (nSPS) is 14.1. The molecule has 2 N–H and O–H groups in total. The van der Waals surface area contributed by atoms with Crippen molar-refractivity contribution in [3.8, 4) is 21.8 Å². The molecule has 3 aromatic heterocycles. The van der Waals surface area contributed by atoms with Crippen LogP contribution in [-0.4, -0.2) is 50.9 Å². The number of esters is 1. The van der Waals surface area contributed by atoms with Crippen LogP contribution in [0.5, 0.6) is 0 Å². The lowest BCUT2D eigenvalue weighted by Gasteiger charge is -2.21. The van der Waals surface area contributed by atoms with E-state index < -0.39 is 5.60 Å². The Morgan fingerprint density at radius 3 is 2.48 bits per heavy atom. The Labute approximate surface area is 268 Å². The molecule has 4 heterocycles. The molecule has 0 bridgehead atoms. The van der Waals surface area contributed by atoms with Crippen molar-refractivity contribution in [2.24, 2.45) is 7.05 Å². The van der Waals surface area contributed by atoms with E-state index in [1.165, 1.54) is 5.56 Å². The number of aliphatic hydroxyl groups is 1. The number of thiazole rings is 1. The van der Waals surface area contributed by atoms with Crippen LogP contribution in [0.2, 0.25) is 5.02 Å². The Kier molecular flexibility index (Phi) is 9.75. The van der Waals surface area contributed by atoms with Crippen molar-refractivity contribution in [1.29, 1.82) is 0 Å². The molecule has 1 aliphatic rings. The third-order valence-corrected chi connectivity index (χ3v) is 8.99. The number of fused-ring (bicyclic) bond motifs is 2. The average molecular weight is 633 g/mol. The summed E-state index contributed by atoms with van der Waals surface area (Å²) in [7, 11) is 2.10. The minimum absolute atomic E-state index is 0.203. The van der Waals surface area contributed by atoms with Gasteiger partial charge >= 0.3 is 5.97 Å². The molecule has 7 nitrogen and oxygen atoms in total. The topological polar surface area (TPSA) is 89.3 Å². The quantitative estimate of drug-likeness (QED) is 0.186. The van der Waals surface area contributed by atoms with Gasteiger partial charge in [-0.25, -0.2) is 9.97 Å². The van der Waals surface area contributed by atoms with Gasteiger partial charge in [0.25, 0.3) is 0 Å². The zero-order chi connectivity index (χ0) is 31.6. The summed E-state index contributed by atoms with van der Waals surface area (Å²) in [5.41, 5.74) is 8.79. The standard InChI is InChI=1S/C31H31ClN4O2S.C4H10O/c1-4-38-27(37)16-22-18(2)15-25-30(28(22)20-5-7-21(32)8-6-20)39-31(35-25)24-9-10-26-29(34-24)23(17-36(26)3)19-11-13-33-14-12-19;1-4(2,3)5/h5-10,15,17,19,33H,4,11-14,16H2,1-3H3;5H,1-3H3. The highest BCUT2D eigenvalue weighted by atomic mass is 35.5. The third-order valence-electron chi connectivity index (χ3n) is 7.63. The molecule has 6 rings (SSSR count). The van der Waals surface area contributed by atoms with Crippen LogP contribution >= 0.6 is 22.9 Å². The third kappa shape index (κ3) is 7.32. The number of halogens is 1. The molecule has 0 spiro atoms. The zero-order valence-electron chi connectivity index (χ0n) is 26.3. The van der Waals surface area contributed by atoms with Crippen molar-refractivity contribution in [2.75, 3.05) is 19.7 Å². The molecule has 5 aromatic rings. The van der Waals surface area contributed by atoms with Crippen LogP contribution in [0.1, 0.15) is 63.1 Å². The maximum Gasteiger partial charge on any atom is 0.310 e. The summed E-state index contributed by atoms with van der Waals surface area (Å²) in [5, 5.41) is 13.5. The second-order valence-corrected chi connectivity index (χ2v) is 13.8. The van der Waals surface area contributed by atoms with Crippen molar-refractivity contribution in [3.05, 3.63) is 70.4 Å². The largest absolute Gasteiger partial charge is 0.466 e. The van der Waals surface area contributed by atoms with Crippen molar-refractivity contribution >= 4 is 50.2 Å². The fraction of sp³-hybridized carbons (Fsp3) is 0.400. The fourth-order valence-electron chi connectivity index (χ4n) is 5.69. The summed E-state index contributed by atoms with van der Waals surface area (Å²) in [6.45, 7) is 11.5. The van der Waals surface area contributed by atoms with Crippen LogP contribution in [0.25, 0.3) is 43.1 Å². The number of piperidine rings is 1. The summed E-state index contributed by atoms with van der Waals surface area (Å²) in [4.78, 5) is 22.8. The van der Waals surface area contributed by atoms with Gasteiger partial charge in [-0.05, 0) is 119 Å². The van der Waals surface area contributed by atoms with Gasteiger partial charge in [0.2, 0.25) is 0 Å². The molecule has 2 aromatic carbocycles. The smallest absolute Gasteiger partial charge is 0.310 e. The number of aryl methyl sites for hydroxylation is 2. The van der Waals surface area contributed by atoms with E-state index in [2.05, 4.69) is 41.3 Å². The number of hydrogen-bond acceptors (Lipinski definition) is 7. The molecule has 0 saturated carbocycles. The maximum absolute atomic E-state index is 12.6. The summed E-state index contributed by atoms with van der Waals surface area (Å²) >= 11 is 7.84. The average Bonchev–Trinajstić information content (AvgIpc) is 3.54. The molecule has 44 heavy (non-hydrogen) atoms. The Balaban J connectivity index is 0.000000712. The number of pyridine rings is 1. The van der Waals surface area contributed by atoms with Crippen LogP contribution in [-0.2, 0) is 23.0 Å². The van der Waals surface area contributed by atoms with Gasteiger partial charge in [-0.15, -0.1) is 11.3 Å². The highest BCUT2D eigenvalue weighted by molar-refractivity contribution is 7.22. The Hall–Kier alpha value is -3.30. The van der Waals surface area contributed by atoms with Gasteiger partial charge in [-0.2, -0.15) is 0 Å². The van der Waals surface area contributed by atoms with E-state index in [-0.39, 0.29) is 12.4 Å². The first-order chi connectivity index (χ1) is 20.9. The minimum Gasteiger partial charge on any atom is -0.466 e. The van der Waals surface area contributed by atoms with Crippen molar-refractivity contribution in [2.45, 2.75) is 65.4 Å². The molecule has 1 aliphatic heterocycles. The maximum atomic E-state index is 12.6. The molecule has 9 heteroatoms.